The van der Waals surface area contributed by atoms with Gasteiger partial charge in [0.25, 0.3) is 0 Å². The van der Waals surface area contributed by atoms with Gasteiger partial charge in [0.1, 0.15) is 0 Å². The highest BCUT2D eigenvalue weighted by Gasteiger charge is 2.33. The van der Waals surface area contributed by atoms with Crippen LogP contribution >= 0.6 is 11.6 Å². The molecule has 0 N–H and O–H groups in total. The van der Waals surface area contributed by atoms with E-state index in [9.17, 15) is 13.2 Å². The van der Waals surface area contributed by atoms with E-state index in [1.165, 1.54) is 6.07 Å². The van der Waals surface area contributed by atoms with Crippen LogP contribution < -0.4 is 4.90 Å². The second kappa shape index (κ2) is 4.31. The fourth-order valence-corrected chi connectivity index (χ4v) is 1.46. The van der Waals surface area contributed by atoms with Gasteiger partial charge in [0.05, 0.1) is 5.56 Å². The first-order chi connectivity index (χ1) is 6.86. The van der Waals surface area contributed by atoms with Gasteiger partial charge < -0.3 is 4.90 Å². The van der Waals surface area contributed by atoms with Gasteiger partial charge >= 0.3 is 6.18 Å². The van der Waals surface area contributed by atoms with Gasteiger partial charge in [0.15, 0.2) is 0 Å². The van der Waals surface area contributed by atoms with Gasteiger partial charge in [-0.25, -0.2) is 0 Å². The third kappa shape index (κ3) is 2.78. The van der Waals surface area contributed by atoms with Crippen LogP contribution in [0, 0.1) is 0 Å². The van der Waals surface area contributed by atoms with Crippen molar-refractivity contribution in [2.24, 2.45) is 0 Å². The topological polar surface area (TPSA) is 3.24 Å². The third-order valence-electron chi connectivity index (χ3n) is 2.06. The van der Waals surface area contributed by atoms with Crippen LogP contribution in [0.3, 0.4) is 0 Å². The Bertz CT molecular complexity index is 347. The Kier molecular flexibility index (Phi) is 3.50. The molecule has 1 aromatic carbocycles. The summed E-state index contributed by atoms with van der Waals surface area (Å²) >= 11 is 5.46. The molecule has 0 spiro atoms. The number of benzene rings is 1. The molecule has 0 saturated carbocycles. The lowest BCUT2D eigenvalue weighted by Gasteiger charge is -2.17. The number of anilines is 1. The van der Waals surface area contributed by atoms with Crippen molar-refractivity contribution in [2.75, 3.05) is 19.0 Å². The van der Waals surface area contributed by atoms with Crippen molar-refractivity contribution in [1.82, 2.24) is 0 Å². The molecule has 84 valence electrons. The third-order valence-corrected chi connectivity index (χ3v) is 2.35. The van der Waals surface area contributed by atoms with Crippen molar-refractivity contribution in [3.05, 3.63) is 29.3 Å². The van der Waals surface area contributed by atoms with E-state index < -0.39 is 11.7 Å². The Hall–Kier alpha value is -0.900. The van der Waals surface area contributed by atoms with Crippen LogP contribution in [0.5, 0.6) is 0 Å². The molecule has 15 heavy (non-hydrogen) atoms. The summed E-state index contributed by atoms with van der Waals surface area (Å²) in [6, 6.07) is 4.13. The Labute approximate surface area is 91.5 Å². The maximum Gasteiger partial charge on any atom is 0.416 e. The average molecular weight is 238 g/mol. The molecule has 1 nitrogen and oxygen atoms in total. The SMILES string of the molecule is CN(C)c1ccc(CCl)c(C(F)(F)F)c1. The zero-order valence-corrected chi connectivity index (χ0v) is 9.15. The first-order valence-corrected chi connectivity index (χ1v) is 4.83. The lowest BCUT2D eigenvalue weighted by atomic mass is 10.1. The van der Waals surface area contributed by atoms with Crippen LogP contribution in [0.15, 0.2) is 18.2 Å². The Morgan fingerprint density at radius 1 is 1.27 bits per heavy atom. The number of hydrogen-bond acceptors (Lipinski definition) is 1. The van der Waals surface area contributed by atoms with Crippen LogP contribution in [0.1, 0.15) is 11.1 Å². The van der Waals surface area contributed by atoms with E-state index in [-0.39, 0.29) is 11.4 Å². The molecule has 0 fully saturated rings. The van der Waals surface area contributed by atoms with Crippen molar-refractivity contribution in [1.29, 1.82) is 0 Å². The lowest BCUT2D eigenvalue weighted by Crippen LogP contribution is -2.13. The fourth-order valence-electron chi connectivity index (χ4n) is 1.22. The summed E-state index contributed by atoms with van der Waals surface area (Å²) in [6.45, 7) is 0. The van der Waals surface area contributed by atoms with E-state index in [0.29, 0.717) is 5.69 Å². The number of hydrogen-bond donors (Lipinski definition) is 0. The summed E-state index contributed by atoms with van der Waals surface area (Å²) in [4.78, 5) is 1.62. The zero-order chi connectivity index (χ0) is 11.6. The number of rotatable bonds is 2. The lowest BCUT2D eigenvalue weighted by molar-refractivity contribution is -0.138. The van der Waals surface area contributed by atoms with Gasteiger partial charge in [-0.2, -0.15) is 13.2 Å². The number of halogens is 4. The second-order valence-electron chi connectivity index (χ2n) is 3.37. The van der Waals surface area contributed by atoms with Gasteiger partial charge in [-0.15, -0.1) is 11.6 Å². The van der Waals surface area contributed by atoms with E-state index in [2.05, 4.69) is 0 Å². The molecule has 0 radical (unpaired) electrons. The molecule has 1 rings (SSSR count). The van der Waals surface area contributed by atoms with E-state index >= 15 is 0 Å². The maximum atomic E-state index is 12.6. The predicted molar refractivity (Wildman–Crippen MR) is 55.3 cm³/mol. The van der Waals surface area contributed by atoms with Gasteiger partial charge in [0.2, 0.25) is 0 Å². The molecule has 1 aromatic rings. The molecule has 0 aliphatic heterocycles. The highest BCUT2D eigenvalue weighted by atomic mass is 35.5. The normalized spacial score (nSPS) is 11.6. The van der Waals surface area contributed by atoms with E-state index in [1.807, 2.05) is 0 Å². The van der Waals surface area contributed by atoms with Gasteiger partial charge in [-0.1, -0.05) is 6.07 Å². The van der Waals surface area contributed by atoms with Gasteiger partial charge in [0, 0.05) is 25.7 Å². The highest BCUT2D eigenvalue weighted by molar-refractivity contribution is 6.17. The number of alkyl halides is 4. The maximum absolute atomic E-state index is 12.6. The summed E-state index contributed by atoms with van der Waals surface area (Å²) in [5.74, 6) is -0.136. The molecule has 0 atom stereocenters. The summed E-state index contributed by atoms with van der Waals surface area (Å²) in [6.07, 6.45) is -4.35. The second-order valence-corrected chi connectivity index (χ2v) is 3.63. The monoisotopic (exact) mass is 237 g/mol. The van der Waals surface area contributed by atoms with Gasteiger partial charge in [-0.05, 0) is 17.7 Å². The summed E-state index contributed by atoms with van der Waals surface area (Å²) in [5, 5.41) is 0. The Morgan fingerprint density at radius 3 is 2.27 bits per heavy atom. The van der Waals surface area contributed by atoms with E-state index in [4.69, 9.17) is 11.6 Å². The molecule has 5 heteroatoms. The van der Waals surface area contributed by atoms with Crippen molar-refractivity contribution < 1.29 is 13.2 Å². The minimum Gasteiger partial charge on any atom is -0.378 e. The molecule has 0 aliphatic rings. The molecular weight excluding hydrogens is 227 g/mol. The van der Waals surface area contributed by atoms with Crippen LogP contribution in [-0.2, 0) is 12.1 Å². The van der Waals surface area contributed by atoms with Gasteiger partial charge in [-0.3, -0.25) is 0 Å². The van der Waals surface area contributed by atoms with Crippen molar-refractivity contribution in [2.45, 2.75) is 12.1 Å². The quantitative estimate of drug-likeness (QED) is 0.712. The predicted octanol–water partition coefficient (Wildman–Crippen LogP) is 3.51. The van der Waals surface area contributed by atoms with E-state index in [1.54, 1.807) is 25.1 Å². The van der Waals surface area contributed by atoms with Crippen LogP contribution in [0.25, 0.3) is 0 Å². The molecule has 0 bridgehead atoms. The first kappa shape index (κ1) is 12.2. The molecule has 0 amide bonds. The molecule has 0 aliphatic carbocycles. The van der Waals surface area contributed by atoms with Crippen LogP contribution in [0.4, 0.5) is 18.9 Å². The van der Waals surface area contributed by atoms with Crippen LogP contribution in [-0.4, -0.2) is 14.1 Å². The summed E-state index contributed by atoms with van der Waals surface area (Å²) in [7, 11) is 3.38. The minimum atomic E-state index is -4.35. The van der Waals surface area contributed by atoms with Crippen molar-refractivity contribution in [3.8, 4) is 0 Å². The number of nitrogens with zero attached hydrogens (tertiary/aromatic N) is 1. The molecule has 0 unspecified atom stereocenters. The standard InChI is InChI=1S/C10H11ClF3N/c1-15(2)8-4-3-7(6-11)9(5-8)10(12,13)14/h3-5H,6H2,1-2H3. The molecular formula is C10H11ClF3N. The van der Waals surface area contributed by atoms with Crippen molar-refractivity contribution >= 4 is 17.3 Å². The largest absolute Gasteiger partial charge is 0.416 e. The zero-order valence-electron chi connectivity index (χ0n) is 8.40. The Balaban J connectivity index is 3.26. The Morgan fingerprint density at radius 2 is 1.87 bits per heavy atom. The van der Waals surface area contributed by atoms with Crippen LogP contribution in [0.2, 0.25) is 0 Å². The van der Waals surface area contributed by atoms with Crippen molar-refractivity contribution in [3.63, 3.8) is 0 Å². The molecule has 0 aromatic heterocycles. The smallest absolute Gasteiger partial charge is 0.378 e. The first-order valence-electron chi connectivity index (χ1n) is 4.29. The molecule has 0 saturated heterocycles. The minimum absolute atomic E-state index is 0.106. The average Bonchev–Trinajstić information content (AvgIpc) is 2.15. The summed E-state index contributed by atoms with van der Waals surface area (Å²) < 4.78 is 37.8. The molecule has 0 heterocycles. The fraction of sp³-hybridized carbons (Fsp3) is 0.400. The summed E-state index contributed by atoms with van der Waals surface area (Å²) in [5.41, 5.74) is -0.0466. The highest BCUT2D eigenvalue weighted by Crippen LogP contribution is 2.34. The van der Waals surface area contributed by atoms with E-state index in [0.717, 1.165) is 6.07 Å².